The van der Waals surface area contributed by atoms with Gasteiger partial charge in [0.15, 0.2) is 0 Å². The zero-order valence-corrected chi connectivity index (χ0v) is 20.6. The number of likely N-dealkylation sites (tertiary alicyclic amines) is 2. The van der Waals surface area contributed by atoms with Gasteiger partial charge in [-0.1, -0.05) is 91.0 Å². The van der Waals surface area contributed by atoms with Crippen molar-refractivity contribution in [3.8, 4) is 0 Å². The number of piperidine rings is 2. The summed E-state index contributed by atoms with van der Waals surface area (Å²) in [4.78, 5) is 30.6. The summed E-state index contributed by atoms with van der Waals surface area (Å²) in [6.45, 7) is 2.40. The SMILES string of the molecule is O=C(O)[C@@H]1C[C@H](N2CCC[C@@H](c3ccccc3)C2)CCN1C(=O)C(c1ccccc1)c1ccccc1. The fourth-order valence-electron chi connectivity index (χ4n) is 6.05. The third-order valence-electron chi connectivity index (χ3n) is 7.90. The highest BCUT2D eigenvalue weighted by Gasteiger charge is 2.41. The van der Waals surface area contributed by atoms with Crippen molar-refractivity contribution in [1.29, 1.82) is 0 Å². The first-order valence-electron chi connectivity index (χ1n) is 13.0. The summed E-state index contributed by atoms with van der Waals surface area (Å²) >= 11 is 0. The van der Waals surface area contributed by atoms with Crippen LogP contribution in [0.2, 0.25) is 0 Å². The lowest BCUT2D eigenvalue weighted by molar-refractivity contribution is -0.154. The monoisotopic (exact) mass is 482 g/mol. The van der Waals surface area contributed by atoms with Crippen molar-refractivity contribution in [3.63, 3.8) is 0 Å². The predicted octanol–water partition coefficient (Wildman–Crippen LogP) is 5.14. The quantitative estimate of drug-likeness (QED) is 0.528. The fourth-order valence-corrected chi connectivity index (χ4v) is 6.05. The van der Waals surface area contributed by atoms with Crippen LogP contribution in [0.4, 0.5) is 0 Å². The van der Waals surface area contributed by atoms with Crippen LogP contribution in [0.15, 0.2) is 91.0 Å². The topological polar surface area (TPSA) is 60.9 Å². The first-order valence-corrected chi connectivity index (χ1v) is 13.0. The van der Waals surface area contributed by atoms with Crippen LogP contribution in [0.3, 0.4) is 0 Å². The molecule has 2 aliphatic rings. The van der Waals surface area contributed by atoms with E-state index in [4.69, 9.17) is 0 Å². The standard InChI is InChI=1S/C31H34N2O3/c34-30(29(24-13-6-2-7-14-24)25-15-8-3-9-16-25)33-20-18-27(21-28(33)31(35)36)32-19-10-17-26(22-32)23-11-4-1-5-12-23/h1-9,11-16,26-29H,10,17-22H2,(H,35,36)/t26-,27-,28+/m1/s1. The minimum atomic E-state index is -0.912. The molecule has 3 aromatic carbocycles. The maximum Gasteiger partial charge on any atom is 0.326 e. The second-order valence-electron chi connectivity index (χ2n) is 10.1. The van der Waals surface area contributed by atoms with Crippen LogP contribution in [-0.2, 0) is 9.59 Å². The average molecular weight is 483 g/mol. The second kappa shape index (κ2) is 11.1. The molecule has 0 unspecified atom stereocenters. The van der Waals surface area contributed by atoms with E-state index in [1.807, 2.05) is 66.7 Å². The number of amides is 1. The molecule has 3 atom stereocenters. The Balaban J connectivity index is 1.35. The lowest BCUT2D eigenvalue weighted by atomic mass is 9.86. The molecular formula is C31H34N2O3. The molecule has 36 heavy (non-hydrogen) atoms. The Hall–Kier alpha value is -3.44. The van der Waals surface area contributed by atoms with Gasteiger partial charge in [0.1, 0.15) is 6.04 Å². The van der Waals surface area contributed by atoms with Gasteiger partial charge < -0.3 is 10.0 Å². The first-order chi connectivity index (χ1) is 17.6. The van der Waals surface area contributed by atoms with Crippen LogP contribution in [0.1, 0.15) is 54.2 Å². The second-order valence-corrected chi connectivity index (χ2v) is 10.1. The average Bonchev–Trinajstić information content (AvgIpc) is 2.94. The minimum absolute atomic E-state index is 0.126. The van der Waals surface area contributed by atoms with Crippen LogP contribution < -0.4 is 0 Å². The number of aliphatic carboxylic acids is 1. The Morgan fingerprint density at radius 2 is 1.36 bits per heavy atom. The molecule has 2 heterocycles. The van der Waals surface area contributed by atoms with Crippen molar-refractivity contribution in [2.75, 3.05) is 19.6 Å². The minimum Gasteiger partial charge on any atom is -0.480 e. The first kappa shape index (κ1) is 24.3. The van der Waals surface area contributed by atoms with E-state index < -0.39 is 17.9 Å². The lowest BCUT2D eigenvalue weighted by Gasteiger charge is -2.45. The van der Waals surface area contributed by atoms with Gasteiger partial charge in [0, 0.05) is 19.1 Å². The maximum atomic E-state index is 14.0. The molecule has 1 amide bonds. The molecule has 2 fully saturated rings. The van der Waals surface area contributed by atoms with Gasteiger partial charge in [-0.25, -0.2) is 4.79 Å². The van der Waals surface area contributed by atoms with Crippen LogP contribution >= 0.6 is 0 Å². The van der Waals surface area contributed by atoms with Crippen molar-refractivity contribution in [2.45, 2.75) is 49.6 Å². The number of rotatable bonds is 6. The summed E-state index contributed by atoms with van der Waals surface area (Å²) in [6, 6.07) is 29.4. The molecule has 5 heteroatoms. The van der Waals surface area contributed by atoms with Crippen LogP contribution in [0, 0.1) is 0 Å². The van der Waals surface area contributed by atoms with E-state index in [9.17, 15) is 14.7 Å². The summed E-state index contributed by atoms with van der Waals surface area (Å²) < 4.78 is 0. The molecule has 1 N–H and O–H groups in total. The number of hydrogen-bond donors (Lipinski definition) is 1. The van der Waals surface area contributed by atoms with Gasteiger partial charge in [-0.2, -0.15) is 0 Å². The Morgan fingerprint density at radius 1 is 0.778 bits per heavy atom. The smallest absolute Gasteiger partial charge is 0.326 e. The van der Waals surface area contributed by atoms with Gasteiger partial charge >= 0.3 is 5.97 Å². The van der Waals surface area contributed by atoms with Crippen molar-refractivity contribution < 1.29 is 14.7 Å². The predicted molar refractivity (Wildman–Crippen MR) is 141 cm³/mol. The van der Waals surface area contributed by atoms with Crippen LogP contribution in [-0.4, -0.2) is 58.5 Å². The third kappa shape index (κ3) is 5.21. The number of carboxylic acid groups (broad SMARTS) is 1. The number of nitrogens with zero attached hydrogens (tertiary/aromatic N) is 2. The molecule has 0 bridgehead atoms. The number of carbonyl (C=O) groups excluding carboxylic acids is 1. The fraction of sp³-hybridized carbons (Fsp3) is 0.355. The molecular weight excluding hydrogens is 448 g/mol. The molecule has 0 radical (unpaired) electrons. The van der Waals surface area contributed by atoms with Gasteiger partial charge in [-0.15, -0.1) is 0 Å². The van der Waals surface area contributed by atoms with Gasteiger partial charge in [0.2, 0.25) is 5.91 Å². The van der Waals surface area contributed by atoms with Crippen LogP contribution in [0.5, 0.6) is 0 Å². The summed E-state index contributed by atoms with van der Waals surface area (Å²) in [5, 5.41) is 10.2. The molecule has 0 aliphatic carbocycles. The Kier molecular flexibility index (Phi) is 7.47. The highest BCUT2D eigenvalue weighted by molar-refractivity contribution is 5.91. The van der Waals surface area contributed by atoms with Crippen molar-refractivity contribution in [1.82, 2.24) is 9.80 Å². The molecule has 3 aromatic rings. The van der Waals surface area contributed by atoms with E-state index in [1.165, 1.54) is 5.56 Å². The highest BCUT2D eigenvalue weighted by Crippen LogP contribution is 2.34. The van der Waals surface area contributed by atoms with E-state index >= 15 is 0 Å². The van der Waals surface area contributed by atoms with Crippen molar-refractivity contribution in [2.24, 2.45) is 0 Å². The van der Waals surface area contributed by atoms with Gasteiger partial charge in [-0.3, -0.25) is 9.69 Å². The van der Waals surface area contributed by atoms with Gasteiger partial charge in [0.05, 0.1) is 5.92 Å². The van der Waals surface area contributed by atoms with E-state index in [0.717, 1.165) is 43.5 Å². The molecule has 5 rings (SSSR count). The molecule has 2 aliphatic heterocycles. The van der Waals surface area contributed by atoms with Crippen molar-refractivity contribution >= 4 is 11.9 Å². The molecule has 0 saturated carbocycles. The Bertz CT molecular complexity index is 1110. The summed E-state index contributed by atoms with van der Waals surface area (Å²) in [7, 11) is 0. The molecule has 0 aromatic heterocycles. The van der Waals surface area contributed by atoms with Crippen molar-refractivity contribution in [3.05, 3.63) is 108 Å². The van der Waals surface area contributed by atoms with E-state index in [2.05, 4.69) is 29.2 Å². The molecule has 0 spiro atoms. The summed E-state index contributed by atoms with van der Waals surface area (Å²) in [5.41, 5.74) is 3.14. The van der Waals surface area contributed by atoms with E-state index in [-0.39, 0.29) is 11.9 Å². The highest BCUT2D eigenvalue weighted by atomic mass is 16.4. The largest absolute Gasteiger partial charge is 0.480 e. The lowest BCUT2D eigenvalue weighted by Crippen LogP contribution is -2.56. The normalized spacial score (nSPS) is 22.9. The summed E-state index contributed by atoms with van der Waals surface area (Å²) in [5.74, 6) is -1.07. The Labute approximate surface area is 213 Å². The van der Waals surface area contributed by atoms with E-state index in [0.29, 0.717) is 18.9 Å². The number of carbonyl (C=O) groups is 2. The number of benzene rings is 3. The zero-order chi connectivity index (χ0) is 24.9. The molecule has 2 saturated heterocycles. The molecule has 5 nitrogen and oxygen atoms in total. The van der Waals surface area contributed by atoms with Gasteiger partial charge in [-0.05, 0) is 54.8 Å². The number of hydrogen-bond acceptors (Lipinski definition) is 3. The third-order valence-corrected chi connectivity index (χ3v) is 7.90. The van der Waals surface area contributed by atoms with Crippen LogP contribution in [0.25, 0.3) is 0 Å². The maximum absolute atomic E-state index is 14.0. The number of carboxylic acids is 1. The zero-order valence-electron chi connectivity index (χ0n) is 20.6. The van der Waals surface area contributed by atoms with Gasteiger partial charge in [0.25, 0.3) is 0 Å². The van der Waals surface area contributed by atoms with E-state index in [1.54, 1.807) is 4.90 Å². The molecule has 186 valence electrons. The Morgan fingerprint density at radius 3 is 1.94 bits per heavy atom. The summed E-state index contributed by atoms with van der Waals surface area (Å²) in [6.07, 6.45) is 3.54.